The molecule has 10 heavy (non-hydrogen) atoms. The minimum atomic E-state index is -1.27. The number of nitrogens with zero attached hydrogens (tertiary/aromatic N) is 1. The van der Waals surface area contributed by atoms with Crippen LogP contribution in [-0.2, 0) is 6.32 Å². The van der Waals surface area contributed by atoms with Gasteiger partial charge in [0.05, 0.1) is 0 Å². The molecule has 0 unspecified atom stereocenters. The molecule has 3 nitrogen and oxygen atoms in total. The van der Waals surface area contributed by atoms with E-state index >= 15 is 0 Å². The molecule has 4 heteroatoms. The molecular formula is C6H8BNO2. The third-order valence-corrected chi connectivity index (χ3v) is 1.14. The van der Waals surface area contributed by atoms with E-state index < -0.39 is 7.12 Å². The third-order valence-electron chi connectivity index (χ3n) is 1.14. The highest BCUT2D eigenvalue weighted by Gasteiger charge is 2.06. The summed E-state index contributed by atoms with van der Waals surface area (Å²) in [6.07, 6.45) is 3.50. The van der Waals surface area contributed by atoms with Gasteiger partial charge in [0.25, 0.3) is 0 Å². The lowest BCUT2D eigenvalue weighted by atomic mass is 9.83. The fourth-order valence-electron chi connectivity index (χ4n) is 0.730. The maximum Gasteiger partial charge on any atom is 0.456 e. The van der Waals surface area contributed by atoms with Crippen molar-refractivity contribution >= 4 is 7.12 Å². The Morgan fingerprint density at radius 1 is 1.50 bits per heavy atom. The smallest absolute Gasteiger partial charge is 0.427 e. The van der Waals surface area contributed by atoms with E-state index in [1.54, 1.807) is 24.5 Å². The van der Waals surface area contributed by atoms with Crippen LogP contribution in [-0.4, -0.2) is 22.2 Å². The summed E-state index contributed by atoms with van der Waals surface area (Å²) in [6.45, 7) is 0. The van der Waals surface area contributed by atoms with Gasteiger partial charge in [0.2, 0.25) is 0 Å². The zero-order valence-corrected chi connectivity index (χ0v) is 5.44. The Hall–Kier alpha value is -0.865. The van der Waals surface area contributed by atoms with Crippen LogP contribution in [0.3, 0.4) is 0 Å². The van der Waals surface area contributed by atoms with Crippen molar-refractivity contribution in [1.82, 2.24) is 4.98 Å². The van der Waals surface area contributed by atoms with Crippen molar-refractivity contribution < 1.29 is 10.0 Å². The first-order valence-corrected chi connectivity index (χ1v) is 3.04. The van der Waals surface area contributed by atoms with Gasteiger partial charge in [-0.1, -0.05) is 6.07 Å². The summed E-state index contributed by atoms with van der Waals surface area (Å²) < 4.78 is 0. The lowest BCUT2D eigenvalue weighted by molar-refractivity contribution is 0.405. The van der Waals surface area contributed by atoms with Gasteiger partial charge >= 0.3 is 7.12 Å². The molecule has 0 bridgehead atoms. The van der Waals surface area contributed by atoms with Crippen LogP contribution in [0.5, 0.6) is 0 Å². The molecule has 0 aliphatic rings. The number of hydrogen-bond acceptors (Lipinski definition) is 3. The third kappa shape index (κ3) is 2.17. The minimum absolute atomic E-state index is 0.244. The molecule has 0 aromatic carbocycles. The summed E-state index contributed by atoms with van der Waals surface area (Å²) >= 11 is 0. The van der Waals surface area contributed by atoms with E-state index in [1.165, 1.54) is 0 Å². The molecule has 1 rings (SSSR count). The number of pyridine rings is 1. The van der Waals surface area contributed by atoms with Crippen molar-refractivity contribution in [3.8, 4) is 0 Å². The molecule has 1 heterocycles. The van der Waals surface area contributed by atoms with Crippen molar-refractivity contribution in [2.45, 2.75) is 6.32 Å². The number of aromatic nitrogens is 1. The molecule has 0 amide bonds. The lowest BCUT2D eigenvalue weighted by Crippen LogP contribution is -2.14. The second-order valence-corrected chi connectivity index (χ2v) is 2.05. The second kappa shape index (κ2) is 3.34. The van der Waals surface area contributed by atoms with Crippen LogP contribution in [0.15, 0.2) is 24.5 Å². The molecular weight excluding hydrogens is 129 g/mol. The Kier molecular flexibility index (Phi) is 2.42. The van der Waals surface area contributed by atoms with Crippen LogP contribution in [0.25, 0.3) is 0 Å². The molecule has 0 saturated heterocycles. The molecule has 0 fully saturated rings. The van der Waals surface area contributed by atoms with Crippen molar-refractivity contribution in [3.05, 3.63) is 30.1 Å². The fourth-order valence-corrected chi connectivity index (χ4v) is 0.730. The van der Waals surface area contributed by atoms with Gasteiger partial charge in [-0.2, -0.15) is 0 Å². The molecule has 2 N–H and O–H groups in total. The van der Waals surface area contributed by atoms with Crippen LogP contribution in [0.2, 0.25) is 0 Å². The van der Waals surface area contributed by atoms with Gasteiger partial charge in [-0.25, -0.2) is 0 Å². The summed E-state index contributed by atoms with van der Waals surface area (Å²) in [7, 11) is -1.27. The highest BCUT2D eigenvalue weighted by Crippen LogP contribution is 1.96. The molecule has 1 aromatic rings. The first-order chi connectivity index (χ1) is 4.79. The van der Waals surface area contributed by atoms with Crippen molar-refractivity contribution in [1.29, 1.82) is 0 Å². The first-order valence-electron chi connectivity index (χ1n) is 3.04. The van der Waals surface area contributed by atoms with Gasteiger partial charge in [0.15, 0.2) is 0 Å². The van der Waals surface area contributed by atoms with Gasteiger partial charge in [0.1, 0.15) is 0 Å². The predicted molar refractivity (Wildman–Crippen MR) is 38.1 cm³/mol. The Labute approximate surface area is 59.5 Å². The number of rotatable bonds is 2. The van der Waals surface area contributed by atoms with Gasteiger partial charge in [-0.3, -0.25) is 4.98 Å². The Morgan fingerprint density at radius 3 is 2.80 bits per heavy atom. The molecule has 0 aliphatic heterocycles. The molecule has 1 aromatic heterocycles. The summed E-state index contributed by atoms with van der Waals surface area (Å²) in [4.78, 5) is 3.82. The molecule has 0 spiro atoms. The van der Waals surface area contributed by atoms with Crippen molar-refractivity contribution in [3.63, 3.8) is 0 Å². The quantitative estimate of drug-likeness (QED) is 0.547. The normalized spacial score (nSPS) is 9.40. The summed E-state index contributed by atoms with van der Waals surface area (Å²) in [5, 5.41) is 17.1. The highest BCUT2D eigenvalue weighted by molar-refractivity contribution is 6.40. The van der Waals surface area contributed by atoms with E-state index in [9.17, 15) is 0 Å². The molecule has 0 radical (unpaired) electrons. The molecule has 0 atom stereocenters. The molecule has 52 valence electrons. The summed E-state index contributed by atoms with van der Waals surface area (Å²) in [6, 6.07) is 3.56. The largest absolute Gasteiger partial charge is 0.456 e. The van der Waals surface area contributed by atoms with Gasteiger partial charge in [0, 0.05) is 18.7 Å². The summed E-state index contributed by atoms with van der Waals surface area (Å²) in [5.41, 5.74) is 0.831. The van der Waals surface area contributed by atoms with Gasteiger partial charge in [-0.05, 0) is 11.6 Å². The summed E-state index contributed by atoms with van der Waals surface area (Å²) in [5.74, 6) is 0. The van der Waals surface area contributed by atoms with Crippen molar-refractivity contribution in [2.24, 2.45) is 0 Å². The van der Waals surface area contributed by atoms with E-state index in [-0.39, 0.29) is 6.32 Å². The zero-order valence-electron chi connectivity index (χ0n) is 5.44. The van der Waals surface area contributed by atoms with Gasteiger partial charge < -0.3 is 10.0 Å². The first kappa shape index (κ1) is 7.24. The van der Waals surface area contributed by atoms with E-state index in [2.05, 4.69) is 4.98 Å². The van der Waals surface area contributed by atoms with E-state index in [1.807, 2.05) is 0 Å². The molecule has 0 aliphatic carbocycles. The average molecular weight is 137 g/mol. The Morgan fingerprint density at radius 2 is 2.30 bits per heavy atom. The second-order valence-electron chi connectivity index (χ2n) is 2.05. The maximum atomic E-state index is 8.53. The maximum absolute atomic E-state index is 8.53. The highest BCUT2D eigenvalue weighted by atomic mass is 16.4. The van der Waals surface area contributed by atoms with E-state index in [0.29, 0.717) is 0 Å². The predicted octanol–water partition coefficient (Wildman–Crippen LogP) is -0.364. The standard InChI is InChI=1S/C6H8BNO2/c9-7(10)4-6-2-1-3-8-5-6/h1-3,5,9-10H,4H2. The monoisotopic (exact) mass is 137 g/mol. The lowest BCUT2D eigenvalue weighted by Gasteiger charge is -1.96. The van der Waals surface area contributed by atoms with E-state index in [4.69, 9.17) is 10.0 Å². The molecule has 0 saturated carbocycles. The van der Waals surface area contributed by atoms with Crippen molar-refractivity contribution in [2.75, 3.05) is 0 Å². The van der Waals surface area contributed by atoms with Crippen LogP contribution in [0, 0.1) is 0 Å². The Bertz CT molecular complexity index is 190. The van der Waals surface area contributed by atoms with Crippen LogP contribution in [0.1, 0.15) is 5.56 Å². The fraction of sp³-hybridized carbons (Fsp3) is 0.167. The van der Waals surface area contributed by atoms with Crippen LogP contribution >= 0.6 is 0 Å². The average Bonchev–Trinajstić information content (AvgIpc) is 1.88. The topological polar surface area (TPSA) is 53.4 Å². The number of hydrogen-bond donors (Lipinski definition) is 2. The van der Waals surface area contributed by atoms with Crippen LogP contribution in [0.4, 0.5) is 0 Å². The van der Waals surface area contributed by atoms with Gasteiger partial charge in [-0.15, -0.1) is 0 Å². The SMILES string of the molecule is OB(O)Cc1cccnc1. The zero-order chi connectivity index (χ0) is 7.40. The minimum Gasteiger partial charge on any atom is -0.427 e. The van der Waals surface area contributed by atoms with E-state index in [0.717, 1.165) is 5.56 Å². The Balaban J connectivity index is 2.59. The van der Waals surface area contributed by atoms with Crippen LogP contribution < -0.4 is 0 Å².